The standard InChI is InChI=1S/C81H157NO5/c1-3-5-7-9-11-13-15-17-19-21-22-23-24-32-35-38-42-45-49-53-57-61-65-69-73-79(84)78(77-83)82-80(85)74-70-66-62-58-54-50-46-43-39-36-33-30-28-26-25-27-29-31-34-37-40-44-48-52-56-60-64-68-72-76-87-81(86)75-71-67-63-59-55-51-47-41-20-18-16-14-12-10-8-6-4-2/h18,20,69,73,78-79,83-84H,3-17,19,21-68,70-72,74-77H2,1-2H3,(H,82,85)/b20-18-,73-69+. The molecule has 2 unspecified atom stereocenters. The van der Waals surface area contributed by atoms with Crippen LogP contribution in [0.2, 0.25) is 0 Å². The van der Waals surface area contributed by atoms with Gasteiger partial charge in [0.2, 0.25) is 5.91 Å². The van der Waals surface area contributed by atoms with Gasteiger partial charge >= 0.3 is 5.97 Å². The first-order valence-corrected chi connectivity index (χ1v) is 40.1. The van der Waals surface area contributed by atoms with Crippen molar-refractivity contribution in [3.05, 3.63) is 24.3 Å². The van der Waals surface area contributed by atoms with Gasteiger partial charge in [-0.3, -0.25) is 9.59 Å². The van der Waals surface area contributed by atoms with Gasteiger partial charge in [-0.1, -0.05) is 411 Å². The van der Waals surface area contributed by atoms with E-state index in [4.69, 9.17) is 4.74 Å². The predicted octanol–water partition coefficient (Wildman–Crippen LogP) is 26.4. The van der Waals surface area contributed by atoms with Gasteiger partial charge in [0, 0.05) is 12.8 Å². The van der Waals surface area contributed by atoms with Gasteiger partial charge in [0.1, 0.15) is 0 Å². The Morgan fingerprint density at radius 3 is 0.816 bits per heavy atom. The molecule has 0 heterocycles. The third-order valence-electron chi connectivity index (χ3n) is 19.0. The average molecular weight is 1230 g/mol. The number of carbonyl (C=O) groups is 2. The molecule has 0 radical (unpaired) electrons. The lowest BCUT2D eigenvalue weighted by Gasteiger charge is -2.20. The Morgan fingerprint density at radius 1 is 0.310 bits per heavy atom. The Kier molecular flexibility index (Phi) is 75.3. The summed E-state index contributed by atoms with van der Waals surface area (Å²) in [6.45, 7) is 4.95. The second kappa shape index (κ2) is 76.8. The van der Waals surface area contributed by atoms with Crippen LogP contribution in [0.3, 0.4) is 0 Å². The predicted molar refractivity (Wildman–Crippen MR) is 384 cm³/mol. The molecule has 516 valence electrons. The van der Waals surface area contributed by atoms with E-state index in [2.05, 4.69) is 31.3 Å². The van der Waals surface area contributed by atoms with Crippen molar-refractivity contribution in [3.8, 4) is 0 Å². The number of hydrogen-bond donors (Lipinski definition) is 3. The number of nitrogens with one attached hydrogen (secondary N) is 1. The molecule has 6 heteroatoms. The third-order valence-corrected chi connectivity index (χ3v) is 19.0. The summed E-state index contributed by atoms with van der Waals surface area (Å²) in [6.07, 6.45) is 98.7. The Bertz CT molecular complexity index is 1360. The molecule has 0 saturated heterocycles. The molecule has 0 fully saturated rings. The van der Waals surface area contributed by atoms with Crippen molar-refractivity contribution in [2.45, 2.75) is 469 Å². The number of ether oxygens (including phenoxy) is 1. The van der Waals surface area contributed by atoms with Gasteiger partial charge in [-0.05, 0) is 57.8 Å². The molecule has 0 bridgehead atoms. The molecule has 87 heavy (non-hydrogen) atoms. The van der Waals surface area contributed by atoms with Gasteiger partial charge in [0.25, 0.3) is 0 Å². The Morgan fingerprint density at radius 2 is 0.540 bits per heavy atom. The molecule has 1 amide bonds. The van der Waals surface area contributed by atoms with Crippen LogP contribution in [0.4, 0.5) is 0 Å². The fraction of sp³-hybridized carbons (Fsp3) is 0.926. The van der Waals surface area contributed by atoms with Gasteiger partial charge in [-0.25, -0.2) is 0 Å². The van der Waals surface area contributed by atoms with Crippen molar-refractivity contribution >= 4 is 11.9 Å². The van der Waals surface area contributed by atoms with Gasteiger partial charge < -0.3 is 20.3 Å². The van der Waals surface area contributed by atoms with E-state index in [0.29, 0.717) is 19.4 Å². The first-order chi connectivity index (χ1) is 43.0. The molecule has 0 aliphatic rings. The van der Waals surface area contributed by atoms with Crippen molar-refractivity contribution < 1.29 is 24.5 Å². The summed E-state index contributed by atoms with van der Waals surface area (Å²) in [7, 11) is 0. The first kappa shape index (κ1) is 85.3. The summed E-state index contributed by atoms with van der Waals surface area (Å²) < 4.78 is 5.51. The van der Waals surface area contributed by atoms with Crippen LogP contribution in [-0.2, 0) is 14.3 Å². The van der Waals surface area contributed by atoms with E-state index in [1.807, 2.05) is 6.08 Å². The molecule has 0 aromatic rings. The average Bonchev–Trinajstić information content (AvgIpc) is 3.57. The van der Waals surface area contributed by atoms with Crippen molar-refractivity contribution in [2.24, 2.45) is 0 Å². The number of carbonyl (C=O) groups excluding carboxylic acids is 2. The van der Waals surface area contributed by atoms with Gasteiger partial charge in [0.05, 0.1) is 25.4 Å². The zero-order valence-corrected chi connectivity index (χ0v) is 59.3. The van der Waals surface area contributed by atoms with Crippen molar-refractivity contribution in [3.63, 3.8) is 0 Å². The van der Waals surface area contributed by atoms with E-state index >= 15 is 0 Å². The highest BCUT2D eigenvalue weighted by Crippen LogP contribution is 2.20. The molecule has 2 atom stereocenters. The zero-order valence-electron chi connectivity index (χ0n) is 59.3. The van der Waals surface area contributed by atoms with Crippen LogP contribution in [0.25, 0.3) is 0 Å². The van der Waals surface area contributed by atoms with E-state index in [-0.39, 0.29) is 18.5 Å². The van der Waals surface area contributed by atoms with Gasteiger partial charge in [-0.15, -0.1) is 0 Å². The topological polar surface area (TPSA) is 95.9 Å². The lowest BCUT2D eigenvalue weighted by atomic mass is 10.0. The maximum Gasteiger partial charge on any atom is 0.305 e. The number of unbranched alkanes of at least 4 members (excludes halogenated alkanes) is 63. The summed E-state index contributed by atoms with van der Waals surface area (Å²) in [5.41, 5.74) is 0. The first-order valence-electron chi connectivity index (χ1n) is 40.1. The maximum absolute atomic E-state index is 12.6. The highest BCUT2D eigenvalue weighted by Gasteiger charge is 2.18. The molecule has 0 aliphatic carbocycles. The molecule has 0 saturated carbocycles. The minimum Gasteiger partial charge on any atom is -0.466 e. The molecule has 0 aliphatic heterocycles. The van der Waals surface area contributed by atoms with Crippen LogP contribution in [0.15, 0.2) is 24.3 Å². The zero-order chi connectivity index (χ0) is 62.8. The number of aliphatic hydroxyl groups excluding tert-OH is 2. The van der Waals surface area contributed by atoms with Crippen molar-refractivity contribution in [1.82, 2.24) is 5.32 Å². The minimum atomic E-state index is -0.843. The fourth-order valence-electron chi connectivity index (χ4n) is 12.9. The van der Waals surface area contributed by atoms with Crippen LogP contribution in [-0.4, -0.2) is 47.4 Å². The number of esters is 1. The highest BCUT2D eigenvalue weighted by atomic mass is 16.5. The molecule has 0 aromatic heterocycles. The monoisotopic (exact) mass is 1220 g/mol. The molecule has 0 spiro atoms. The molecular weight excluding hydrogens is 1070 g/mol. The van der Waals surface area contributed by atoms with Crippen LogP contribution >= 0.6 is 0 Å². The molecule has 0 aromatic carbocycles. The number of amides is 1. The summed E-state index contributed by atoms with van der Waals surface area (Å²) >= 11 is 0. The van der Waals surface area contributed by atoms with E-state index in [1.165, 1.54) is 385 Å². The van der Waals surface area contributed by atoms with Crippen molar-refractivity contribution in [1.29, 1.82) is 0 Å². The van der Waals surface area contributed by atoms with Crippen LogP contribution in [0, 0.1) is 0 Å². The summed E-state index contributed by atoms with van der Waals surface area (Å²) in [4.78, 5) is 24.7. The highest BCUT2D eigenvalue weighted by molar-refractivity contribution is 5.76. The maximum atomic E-state index is 12.6. The normalized spacial score (nSPS) is 12.6. The molecule has 6 nitrogen and oxygen atoms in total. The van der Waals surface area contributed by atoms with E-state index in [0.717, 1.165) is 44.9 Å². The number of rotatable bonds is 76. The number of aliphatic hydroxyl groups is 2. The van der Waals surface area contributed by atoms with Crippen LogP contribution in [0.1, 0.15) is 457 Å². The quantitative estimate of drug-likeness (QED) is 0.0320. The van der Waals surface area contributed by atoms with Crippen molar-refractivity contribution in [2.75, 3.05) is 13.2 Å². The largest absolute Gasteiger partial charge is 0.466 e. The summed E-state index contributed by atoms with van der Waals surface area (Å²) in [5.74, 6) is -0.0421. The van der Waals surface area contributed by atoms with Crippen LogP contribution in [0.5, 0.6) is 0 Å². The van der Waals surface area contributed by atoms with Crippen LogP contribution < -0.4 is 5.32 Å². The molecular formula is C81H157NO5. The third kappa shape index (κ3) is 73.3. The number of allylic oxidation sites excluding steroid dienone is 3. The number of hydrogen-bond acceptors (Lipinski definition) is 5. The van der Waals surface area contributed by atoms with Gasteiger partial charge in [0.15, 0.2) is 0 Å². The lowest BCUT2D eigenvalue weighted by molar-refractivity contribution is -0.143. The Hall–Kier alpha value is -1.66. The van der Waals surface area contributed by atoms with E-state index in [1.54, 1.807) is 6.08 Å². The van der Waals surface area contributed by atoms with Gasteiger partial charge in [-0.2, -0.15) is 0 Å². The second-order valence-electron chi connectivity index (χ2n) is 27.8. The lowest BCUT2D eigenvalue weighted by Crippen LogP contribution is -2.45. The molecule has 3 N–H and O–H groups in total. The minimum absolute atomic E-state index is 0.0170. The Labute approximate surface area is 545 Å². The summed E-state index contributed by atoms with van der Waals surface area (Å²) in [5, 5.41) is 23.3. The SMILES string of the molecule is CCCCCCCC/C=C\CCCCCCCCCC(=O)OCCCCCCCCCCCCCCCCCCCCCCCCCCCCCCCC(=O)NC(CO)C(O)/C=C/CCCCCCCCCCCCCCCCCCCCCCCC. The Balaban J connectivity index is 3.36. The second-order valence-corrected chi connectivity index (χ2v) is 27.8. The summed E-state index contributed by atoms with van der Waals surface area (Å²) in [6, 6.07) is -0.626. The van der Waals surface area contributed by atoms with E-state index < -0.39 is 12.1 Å². The fourth-order valence-corrected chi connectivity index (χ4v) is 12.9. The smallest absolute Gasteiger partial charge is 0.305 e. The van der Waals surface area contributed by atoms with E-state index in [9.17, 15) is 19.8 Å². The molecule has 0 rings (SSSR count).